The number of aromatic nitrogens is 1. The van der Waals surface area contributed by atoms with Crippen LogP contribution in [0.3, 0.4) is 0 Å². The minimum absolute atomic E-state index is 0.00175. The molecule has 0 unspecified atom stereocenters. The molecule has 5 nitrogen and oxygen atoms in total. The van der Waals surface area contributed by atoms with Gasteiger partial charge in [0.1, 0.15) is 11.5 Å². The predicted octanol–water partition coefficient (Wildman–Crippen LogP) is 3.39. The molecule has 4 rings (SSSR count). The fourth-order valence-corrected chi connectivity index (χ4v) is 3.80. The summed E-state index contributed by atoms with van der Waals surface area (Å²) in [5.74, 6) is 1.24. The Balaban J connectivity index is 1.68. The summed E-state index contributed by atoms with van der Waals surface area (Å²) in [7, 11) is 5.25. The van der Waals surface area contributed by atoms with E-state index >= 15 is 0 Å². The Morgan fingerprint density at radius 3 is 2.42 bits per heavy atom. The molecule has 2 heterocycles. The third-order valence-corrected chi connectivity index (χ3v) is 5.20. The minimum Gasteiger partial charge on any atom is -0.497 e. The van der Waals surface area contributed by atoms with Crippen LogP contribution >= 0.6 is 0 Å². The van der Waals surface area contributed by atoms with Crippen molar-refractivity contribution >= 4 is 16.8 Å². The maximum atomic E-state index is 13.1. The minimum atomic E-state index is -0.00175. The first-order chi connectivity index (χ1) is 12.6. The van der Waals surface area contributed by atoms with Crippen LogP contribution in [0.5, 0.6) is 11.5 Å². The fraction of sp³-hybridized carbons (Fsp3) is 0.286. The van der Waals surface area contributed by atoms with Crippen molar-refractivity contribution in [1.29, 1.82) is 0 Å². The monoisotopic (exact) mass is 350 g/mol. The fourth-order valence-electron chi connectivity index (χ4n) is 3.80. The van der Waals surface area contributed by atoms with Gasteiger partial charge in [0.05, 0.1) is 20.8 Å². The molecule has 0 spiro atoms. The van der Waals surface area contributed by atoms with Gasteiger partial charge >= 0.3 is 0 Å². The van der Waals surface area contributed by atoms with Crippen molar-refractivity contribution < 1.29 is 14.3 Å². The van der Waals surface area contributed by atoms with Crippen molar-refractivity contribution in [3.8, 4) is 11.5 Å². The Morgan fingerprint density at radius 2 is 1.73 bits per heavy atom. The van der Waals surface area contributed by atoms with Gasteiger partial charge in [-0.15, -0.1) is 0 Å². The van der Waals surface area contributed by atoms with E-state index in [1.54, 1.807) is 32.4 Å². The van der Waals surface area contributed by atoms with Crippen LogP contribution in [0.4, 0.5) is 0 Å². The number of ether oxygens (including phenoxy) is 2. The standard InChI is InChI=1S/C21H22N2O3/c1-22-19-7-5-4-6-17(19)18-8-9-23(13-20(18)22)21(24)14-10-15(25-2)12-16(11-14)26-3/h4-7,10-12H,8-9,13H2,1-3H3. The van der Waals surface area contributed by atoms with Gasteiger partial charge in [0.15, 0.2) is 0 Å². The van der Waals surface area contributed by atoms with Crippen LogP contribution in [0.25, 0.3) is 10.9 Å². The van der Waals surface area contributed by atoms with E-state index in [1.165, 1.54) is 22.2 Å². The summed E-state index contributed by atoms with van der Waals surface area (Å²) >= 11 is 0. The van der Waals surface area contributed by atoms with Gasteiger partial charge in [0, 0.05) is 41.8 Å². The second-order valence-corrected chi connectivity index (χ2v) is 6.58. The molecule has 2 aromatic carbocycles. The average Bonchev–Trinajstić information content (AvgIpc) is 2.99. The Kier molecular flexibility index (Phi) is 4.07. The zero-order chi connectivity index (χ0) is 18.3. The van der Waals surface area contributed by atoms with E-state index in [1.807, 2.05) is 4.90 Å². The molecule has 0 fully saturated rings. The second-order valence-electron chi connectivity index (χ2n) is 6.58. The number of hydrogen-bond acceptors (Lipinski definition) is 3. The zero-order valence-corrected chi connectivity index (χ0v) is 15.3. The summed E-state index contributed by atoms with van der Waals surface area (Å²) in [6, 6.07) is 13.7. The quantitative estimate of drug-likeness (QED) is 0.727. The van der Waals surface area contributed by atoms with Gasteiger partial charge in [0.2, 0.25) is 0 Å². The van der Waals surface area contributed by atoms with E-state index < -0.39 is 0 Å². The third-order valence-electron chi connectivity index (χ3n) is 5.20. The van der Waals surface area contributed by atoms with E-state index in [0.29, 0.717) is 30.2 Å². The smallest absolute Gasteiger partial charge is 0.254 e. The van der Waals surface area contributed by atoms with Gasteiger partial charge < -0.3 is 18.9 Å². The Hall–Kier alpha value is -2.95. The van der Waals surface area contributed by atoms with Crippen molar-refractivity contribution in [3.05, 3.63) is 59.3 Å². The highest BCUT2D eigenvalue weighted by Crippen LogP contribution is 2.31. The lowest BCUT2D eigenvalue weighted by Gasteiger charge is -2.28. The predicted molar refractivity (Wildman–Crippen MR) is 101 cm³/mol. The summed E-state index contributed by atoms with van der Waals surface area (Å²) in [6.07, 6.45) is 0.865. The number of hydrogen-bond donors (Lipinski definition) is 0. The van der Waals surface area contributed by atoms with Crippen LogP contribution in [0, 0.1) is 0 Å². The molecule has 0 atom stereocenters. The molecule has 26 heavy (non-hydrogen) atoms. The van der Waals surface area contributed by atoms with Crippen LogP contribution in [-0.4, -0.2) is 36.1 Å². The summed E-state index contributed by atoms with van der Waals surface area (Å²) in [5.41, 5.74) is 4.37. The first kappa shape index (κ1) is 16.5. The molecule has 0 saturated heterocycles. The number of para-hydroxylation sites is 1. The van der Waals surface area contributed by atoms with Crippen LogP contribution in [-0.2, 0) is 20.0 Å². The van der Waals surface area contributed by atoms with Crippen molar-refractivity contribution in [3.63, 3.8) is 0 Å². The molecule has 1 amide bonds. The molecule has 0 saturated carbocycles. The summed E-state index contributed by atoms with van der Waals surface area (Å²) in [6.45, 7) is 1.32. The lowest BCUT2D eigenvalue weighted by atomic mass is 10.0. The molecule has 0 N–H and O–H groups in total. The van der Waals surface area contributed by atoms with Gasteiger partial charge in [-0.25, -0.2) is 0 Å². The molecular weight excluding hydrogens is 328 g/mol. The second kappa shape index (κ2) is 6.41. The van der Waals surface area contributed by atoms with E-state index in [9.17, 15) is 4.79 Å². The van der Waals surface area contributed by atoms with Gasteiger partial charge in [-0.05, 0) is 30.2 Å². The number of carbonyl (C=O) groups is 1. The van der Waals surface area contributed by atoms with E-state index in [4.69, 9.17) is 9.47 Å². The molecule has 0 aliphatic carbocycles. The van der Waals surface area contributed by atoms with E-state index in [0.717, 1.165) is 6.42 Å². The first-order valence-corrected chi connectivity index (χ1v) is 8.70. The zero-order valence-electron chi connectivity index (χ0n) is 15.3. The third kappa shape index (κ3) is 2.60. The number of rotatable bonds is 3. The van der Waals surface area contributed by atoms with E-state index in [-0.39, 0.29) is 5.91 Å². The molecule has 0 radical (unpaired) electrons. The molecular formula is C21H22N2O3. The van der Waals surface area contributed by atoms with Gasteiger partial charge in [0.25, 0.3) is 5.91 Å². The number of benzene rings is 2. The molecule has 134 valence electrons. The van der Waals surface area contributed by atoms with Crippen molar-refractivity contribution in [2.45, 2.75) is 13.0 Å². The summed E-state index contributed by atoms with van der Waals surface area (Å²) in [4.78, 5) is 15.0. The van der Waals surface area contributed by atoms with Crippen molar-refractivity contribution in [1.82, 2.24) is 9.47 Å². The molecule has 1 aliphatic heterocycles. The van der Waals surface area contributed by atoms with Crippen LogP contribution in [0.1, 0.15) is 21.6 Å². The Bertz CT molecular complexity index is 968. The number of amides is 1. The largest absolute Gasteiger partial charge is 0.497 e. The first-order valence-electron chi connectivity index (χ1n) is 8.70. The molecule has 5 heteroatoms. The number of carbonyl (C=O) groups excluding carboxylic acids is 1. The lowest BCUT2D eigenvalue weighted by molar-refractivity contribution is 0.0730. The van der Waals surface area contributed by atoms with Crippen molar-refractivity contribution in [2.75, 3.05) is 20.8 Å². The van der Waals surface area contributed by atoms with Crippen LogP contribution < -0.4 is 9.47 Å². The highest BCUT2D eigenvalue weighted by molar-refractivity contribution is 5.95. The summed E-state index contributed by atoms with van der Waals surface area (Å²) < 4.78 is 12.8. The maximum absolute atomic E-state index is 13.1. The van der Waals surface area contributed by atoms with Crippen molar-refractivity contribution in [2.24, 2.45) is 7.05 Å². The van der Waals surface area contributed by atoms with Crippen LogP contribution in [0.15, 0.2) is 42.5 Å². The average molecular weight is 350 g/mol. The molecule has 1 aromatic heterocycles. The number of nitrogens with zero attached hydrogens (tertiary/aromatic N) is 2. The van der Waals surface area contributed by atoms with Crippen LogP contribution in [0.2, 0.25) is 0 Å². The summed E-state index contributed by atoms with van der Waals surface area (Å²) in [5, 5.41) is 1.29. The van der Waals surface area contributed by atoms with E-state index in [2.05, 4.69) is 35.9 Å². The SMILES string of the molecule is COc1cc(OC)cc(C(=O)N2CCc3c(n(C)c4ccccc34)C2)c1. The number of methoxy groups -OCH3 is 2. The number of fused-ring (bicyclic) bond motifs is 3. The van der Waals surface area contributed by atoms with Gasteiger partial charge in [-0.2, -0.15) is 0 Å². The topological polar surface area (TPSA) is 43.7 Å². The molecule has 1 aliphatic rings. The Labute approximate surface area is 152 Å². The highest BCUT2D eigenvalue weighted by atomic mass is 16.5. The number of aryl methyl sites for hydroxylation is 1. The Morgan fingerprint density at radius 1 is 1.04 bits per heavy atom. The maximum Gasteiger partial charge on any atom is 0.254 e. The van der Waals surface area contributed by atoms with Gasteiger partial charge in [-0.3, -0.25) is 4.79 Å². The molecule has 0 bridgehead atoms. The normalized spacial score (nSPS) is 13.6. The molecule has 3 aromatic rings. The highest BCUT2D eigenvalue weighted by Gasteiger charge is 2.26. The lowest BCUT2D eigenvalue weighted by Crippen LogP contribution is -2.36. The van der Waals surface area contributed by atoms with Gasteiger partial charge in [-0.1, -0.05) is 18.2 Å².